The standard InChI is InChI=1S/C25H29Cl2N7O/c1-17-15-32(24-21(27)6-3-7-29-24)9-10-33(17)23-12-22(18-11-19(26)14-28-13-18)30-25(31-23)34-8-4-5-20(34)16-35-2/h3,6-7,11-14,17,20H,4-5,8-10,15-16H2,1-2H3/t17-,20+/m1/s1. The van der Waals surface area contributed by atoms with E-state index >= 15 is 0 Å². The molecule has 184 valence electrons. The Kier molecular flexibility index (Phi) is 7.22. The maximum Gasteiger partial charge on any atom is 0.228 e. The van der Waals surface area contributed by atoms with Crippen molar-refractivity contribution in [1.29, 1.82) is 0 Å². The number of pyridine rings is 2. The van der Waals surface area contributed by atoms with Crippen LogP contribution in [-0.4, -0.2) is 71.9 Å². The second kappa shape index (κ2) is 10.5. The van der Waals surface area contributed by atoms with Crippen molar-refractivity contribution in [3.8, 4) is 11.3 Å². The van der Waals surface area contributed by atoms with Gasteiger partial charge in [-0.15, -0.1) is 0 Å². The summed E-state index contributed by atoms with van der Waals surface area (Å²) >= 11 is 12.7. The fourth-order valence-corrected chi connectivity index (χ4v) is 5.38. The number of hydrogen-bond acceptors (Lipinski definition) is 8. The van der Waals surface area contributed by atoms with Gasteiger partial charge in [0.2, 0.25) is 5.95 Å². The summed E-state index contributed by atoms with van der Waals surface area (Å²) in [6.45, 7) is 6.15. The maximum atomic E-state index is 6.42. The summed E-state index contributed by atoms with van der Waals surface area (Å²) in [5, 5.41) is 1.25. The quantitative estimate of drug-likeness (QED) is 0.474. The highest BCUT2D eigenvalue weighted by Gasteiger charge is 2.30. The van der Waals surface area contributed by atoms with Crippen LogP contribution in [0, 0.1) is 0 Å². The van der Waals surface area contributed by atoms with Crippen LogP contribution in [0.1, 0.15) is 19.8 Å². The highest BCUT2D eigenvalue weighted by Crippen LogP contribution is 2.32. The summed E-state index contributed by atoms with van der Waals surface area (Å²) in [4.78, 5) is 25.6. The minimum Gasteiger partial charge on any atom is -0.383 e. The molecule has 0 amide bonds. The van der Waals surface area contributed by atoms with Gasteiger partial charge in [-0.2, -0.15) is 4.98 Å². The first-order valence-corrected chi connectivity index (χ1v) is 12.7. The molecule has 3 aromatic heterocycles. The van der Waals surface area contributed by atoms with E-state index < -0.39 is 0 Å². The molecule has 5 heterocycles. The lowest BCUT2D eigenvalue weighted by atomic mass is 10.1. The first-order valence-electron chi connectivity index (χ1n) is 11.9. The molecule has 0 aromatic carbocycles. The first kappa shape index (κ1) is 24.0. The Balaban J connectivity index is 1.48. The van der Waals surface area contributed by atoms with E-state index in [0.717, 1.165) is 67.9 Å². The van der Waals surface area contributed by atoms with Gasteiger partial charge >= 0.3 is 0 Å². The first-order chi connectivity index (χ1) is 17.0. The average Bonchev–Trinajstić information content (AvgIpc) is 3.33. The summed E-state index contributed by atoms with van der Waals surface area (Å²) in [6, 6.07) is 8.14. The van der Waals surface area contributed by atoms with Gasteiger partial charge in [0.15, 0.2) is 0 Å². The van der Waals surface area contributed by atoms with Crippen molar-refractivity contribution in [2.45, 2.75) is 31.8 Å². The number of methoxy groups -OCH3 is 1. The van der Waals surface area contributed by atoms with E-state index in [-0.39, 0.29) is 12.1 Å². The molecule has 2 atom stereocenters. The summed E-state index contributed by atoms with van der Waals surface area (Å²) in [7, 11) is 1.74. The lowest BCUT2D eigenvalue weighted by molar-refractivity contribution is 0.180. The van der Waals surface area contributed by atoms with Crippen LogP contribution in [0.3, 0.4) is 0 Å². The van der Waals surface area contributed by atoms with Crippen LogP contribution in [0.4, 0.5) is 17.6 Å². The number of halogens is 2. The van der Waals surface area contributed by atoms with Crippen LogP contribution < -0.4 is 14.7 Å². The molecule has 35 heavy (non-hydrogen) atoms. The zero-order valence-corrected chi connectivity index (χ0v) is 21.5. The zero-order valence-electron chi connectivity index (χ0n) is 19.9. The number of rotatable bonds is 6. The van der Waals surface area contributed by atoms with Gasteiger partial charge in [-0.1, -0.05) is 23.2 Å². The van der Waals surface area contributed by atoms with E-state index in [1.807, 2.05) is 24.3 Å². The monoisotopic (exact) mass is 513 g/mol. The Hall–Kier alpha value is -2.68. The number of piperazine rings is 1. The maximum absolute atomic E-state index is 6.42. The minimum atomic E-state index is 0.197. The molecule has 0 N–H and O–H groups in total. The molecule has 2 aliphatic heterocycles. The minimum absolute atomic E-state index is 0.197. The number of anilines is 3. The van der Waals surface area contributed by atoms with Crippen molar-refractivity contribution in [3.63, 3.8) is 0 Å². The topological polar surface area (TPSA) is 70.5 Å². The van der Waals surface area contributed by atoms with Gasteiger partial charge in [0.1, 0.15) is 11.6 Å². The van der Waals surface area contributed by atoms with Gasteiger partial charge in [0.25, 0.3) is 0 Å². The molecule has 0 bridgehead atoms. The van der Waals surface area contributed by atoms with E-state index in [2.05, 4.69) is 31.6 Å². The Labute approximate surface area is 215 Å². The van der Waals surface area contributed by atoms with Crippen LogP contribution in [-0.2, 0) is 4.74 Å². The average molecular weight is 514 g/mol. The Bertz CT molecular complexity index is 1180. The molecule has 0 aliphatic carbocycles. The van der Waals surface area contributed by atoms with Gasteiger partial charge in [0, 0.05) is 69.6 Å². The third kappa shape index (κ3) is 5.15. The molecule has 10 heteroatoms. The van der Waals surface area contributed by atoms with E-state index in [1.54, 1.807) is 25.7 Å². The van der Waals surface area contributed by atoms with Crippen molar-refractivity contribution in [2.24, 2.45) is 0 Å². The van der Waals surface area contributed by atoms with Crippen molar-refractivity contribution in [2.75, 3.05) is 54.6 Å². The summed E-state index contributed by atoms with van der Waals surface area (Å²) in [5.41, 5.74) is 1.68. The Morgan fingerprint density at radius 3 is 2.74 bits per heavy atom. The van der Waals surface area contributed by atoms with E-state index in [9.17, 15) is 0 Å². The van der Waals surface area contributed by atoms with E-state index in [1.165, 1.54) is 0 Å². The van der Waals surface area contributed by atoms with Gasteiger partial charge in [0.05, 0.1) is 28.4 Å². The van der Waals surface area contributed by atoms with Gasteiger partial charge in [-0.05, 0) is 38.0 Å². The third-order valence-corrected chi connectivity index (χ3v) is 7.16. The largest absolute Gasteiger partial charge is 0.383 e. The van der Waals surface area contributed by atoms with Gasteiger partial charge < -0.3 is 19.4 Å². The molecular formula is C25H29Cl2N7O. The molecule has 8 nitrogen and oxygen atoms in total. The van der Waals surface area contributed by atoms with Crippen LogP contribution in [0.2, 0.25) is 10.0 Å². The second-order valence-electron chi connectivity index (χ2n) is 9.05. The van der Waals surface area contributed by atoms with Crippen molar-refractivity contribution in [3.05, 3.63) is 52.9 Å². The highest BCUT2D eigenvalue weighted by molar-refractivity contribution is 6.33. The number of nitrogens with zero attached hydrogens (tertiary/aromatic N) is 7. The Morgan fingerprint density at radius 2 is 1.97 bits per heavy atom. The molecule has 0 saturated carbocycles. The number of ether oxygens (including phenoxy) is 1. The van der Waals surface area contributed by atoms with Crippen molar-refractivity contribution < 1.29 is 4.74 Å². The van der Waals surface area contributed by atoms with Gasteiger partial charge in [-0.25, -0.2) is 9.97 Å². The van der Waals surface area contributed by atoms with E-state index in [0.29, 0.717) is 16.7 Å². The predicted molar refractivity (Wildman–Crippen MR) is 141 cm³/mol. The Morgan fingerprint density at radius 1 is 1.09 bits per heavy atom. The van der Waals surface area contributed by atoms with E-state index in [4.69, 9.17) is 37.9 Å². The van der Waals surface area contributed by atoms with Crippen molar-refractivity contribution >= 4 is 40.8 Å². The molecule has 0 radical (unpaired) electrons. The SMILES string of the molecule is COC[C@@H]1CCCN1c1nc(-c2cncc(Cl)c2)cc(N2CCN(c3ncccc3Cl)C[C@H]2C)n1. The lowest BCUT2D eigenvalue weighted by Gasteiger charge is -2.41. The number of hydrogen-bond donors (Lipinski definition) is 0. The fourth-order valence-electron chi connectivity index (χ4n) is 4.96. The molecule has 0 unspecified atom stereocenters. The summed E-state index contributed by atoms with van der Waals surface area (Å²) in [6.07, 6.45) is 7.37. The fraction of sp³-hybridized carbons (Fsp3) is 0.440. The molecule has 0 spiro atoms. The normalized spacial score (nSPS) is 20.5. The van der Waals surface area contributed by atoms with Crippen molar-refractivity contribution in [1.82, 2.24) is 19.9 Å². The van der Waals surface area contributed by atoms with Crippen LogP contribution in [0.25, 0.3) is 11.3 Å². The summed E-state index contributed by atoms with van der Waals surface area (Å²) in [5.74, 6) is 2.45. The van der Waals surface area contributed by atoms with Gasteiger partial charge in [-0.3, -0.25) is 4.98 Å². The third-order valence-electron chi connectivity index (χ3n) is 6.65. The predicted octanol–water partition coefficient (Wildman–Crippen LogP) is 4.57. The molecular weight excluding hydrogens is 485 g/mol. The van der Waals surface area contributed by atoms with Crippen LogP contribution in [0.15, 0.2) is 42.9 Å². The molecule has 2 saturated heterocycles. The molecule has 2 aliphatic rings. The zero-order chi connectivity index (χ0) is 24.4. The second-order valence-corrected chi connectivity index (χ2v) is 9.89. The molecule has 2 fully saturated rings. The lowest BCUT2D eigenvalue weighted by Crippen LogP contribution is -2.52. The number of aromatic nitrogens is 4. The van der Waals surface area contributed by atoms with Crippen LogP contribution >= 0.6 is 23.2 Å². The molecule has 3 aromatic rings. The summed E-state index contributed by atoms with van der Waals surface area (Å²) < 4.78 is 5.48. The van der Waals surface area contributed by atoms with Crippen LogP contribution in [0.5, 0.6) is 0 Å². The smallest absolute Gasteiger partial charge is 0.228 e. The highest BCUT2D eigenvalue weighted by atomic mass is 35.5. The molecule has 5 rings (SSSR count).